The van der Waals surface area contributed by atoms with Crippen molar-refractivity contribution >= 4 is 26.8 Å². The second kappa shape index (κ2) is 5.08. The maximum Gasteiger partial charge on any atom is 0.196 e. The van der Waals surface area contributed by atoms with E-state index in [1.807, 2.05) is 25.1 Å². The van der Waals surface area contributed by atoms with Gasteiger partial charge in [-0.3, -0.25) is 0 Å². The number of aromatic amines is 1. The van der Waals surface area contributed by atoms with Crippen LogP contribution in [-0.2, 0) is 4.74 Å². The van der Waals surface area contributed by atoms with Gasteiger partial charge in [0.1, 0.15) is 5.75 Å². The second-order valence-electron chi connectivity index (χ2n) is 3.61. The molecule has 0 bridgehead atoms. The topological polar surface area (TPSA) is 54.5 Å². The van der Waals surface area contributed by atoms with Crippen LogP contribution in [0.2, 0.25) is 0 Å². The van der Waals surface area contributed by atoms with E-state index in [-0.39, 0.29) is 0 Å². The summed E-state index contributed by atoms with van der Waals surface area (Å²) < 4.78 is 11.2. The summed E-state index contributed by atoms with van der Waals surface area (Å²) in [6.45, 7) is 2.30. The molecule has 0 spiro atoms. The lowest BCUT2D eigenvalue weighted by Gasteiger charge is -2.07. The quantitative estimate of drug-likeness (QED) is 0.854. The molecule has 2 aromatic rings. The Morgan fingerprint density at radius 2 is 2.18 bits per heavy atom. The highest BCUT2D eigenvalue weighted by Gasteiger charge is 2.12. The van der Waals surface area contributed by atoms with Crippen LogP contribution >= 0.6 is 15.9 Å². The number of halogens is 1. The van der Waals surface area contributed by atoms with Crippen molar-refractivity contribution in [2.24, 2.45) is 0 Å². The molecule has 1 aromatic carbocycles. The van der Waals surface area contributed by atoms with E-state index < -0.39 is 6.29 Å². The molecule has 1 heterocycles. The molecular formula is C12H14BrNO3. The third kappa shape index (κ3) is 2.46. The zero-order valence-corrected chi connectivity index (χ0v) is 11.2. The average molecular weight is 300 g/mol. The van der Waals surface area contributed by atoms with Gasteiger partial charge in [0.05, 0.1) is 17.3 Å². The number of aliphatic hydroxyl groups excluding tert-OH is 1. The van der Waals surface area contributed by atoms with Gasteiger partial charge in [-0.05, 0) is 41.1 Å². The summed E-state index contributed by atoms with van der Waals surface area (Å²) in [5.74, 6) is 0.758. The summed E-state index contributed by atoms with van der Waals surface area (Å²) in [5.41, 5.74) is 1.56. The minimum Gasteiger partial charge on any atom is -0.496 e. The van der Waals surface area contributed by atoms with Crippen molar-refractivity contribution in [1.82, 2.24) is 4.98 Å². The molecule has 1 atom stereocenters. The van der Waals surface area contributed by atoms with Gasteiger partial charge in [-0.15, -0.1) is 0 Å². The molecule has 0 radical (unpaired) electrons. The summed E-state index contributed by atoms with van der Waals surface area (Å²) in [5, 5.41) is 10.7. The lowest BCUT2D eigenvalue weighted by molar-refractivity contribution is -0.100. The fourth-order valence-electron chi connectivity index (χ4n) is 1.69. The van der Waals surface area contributed by atoms with Crippen LogP contribution in [0.4, 0.5) is 0 Å². The third-order valence-electron chi connectivity index (χ3n) is 2.50. The number of nitrogens with one attached hydrogen (secondary N) is 1. The van der Waals surface area contributed by atoms with Gasteiger partial charge in [-0.25, -0.2) is 0 Å². The summed E-state index contributed by atoms with van der Waals surface area (Å²) in [6, 6.07) is 5.67. The Labute approximate surface area is 108 Å². The van der Waals surface area contributed by atoms with Gasteiger partial charge in [0.2, 0.25) is 0 Å². The van der Waals surface area contributed by atoms with Crippen molar-refractivity contribution < 1.29 is 14.6 Å². The van der Waals surface area contributed by atoms with E-state index in [4.69, 9.17) is 9.47 Å². The molecule has 0 saturated heterocycles. The normalized spacial score (nSPS) is 12.9. The molecule has 1 aromatic heterocycles. The molecule has 1 unspecified atom stereocenters. The number of fused-ring (bicyclic) bond motifs is 1. The molecule has 0 amide bonds. The summed E-state index contributed by atoms with van der Waals surface area (Å²) >= 11 is 3.42. The van der Waals surface area contributed by atoms with Crippen LogP contribution in [0.1, 0.15) is 18.9 Å². The average Bonchev–Trinajstić information content (AvgIpc) is 2.71. The van der Waals surface area contributed by atoms with Crippen molar-refractivity contribution in [2.75, 3.05) is 13.7 Å². The molecule has 4 nitrogen and oxygen atoms in total. The Kier molecular flexibility index (Phi) is 3.71. The molecule has 2 N–H and O–H groups in total. The monoisotopic (exact) mass is 299 g/mol. The van der Waals surface area contributed by atoms with Gasteiger partial charge in [0, 0.05) is 17.5 Å². The number of aliphatic hydroxyl groups is 1. The molecular weight excluding hydrogens is 286 g/mol. The molecule has 0 aliphatic rings. The van der Waals surface area contributed by atoms with E-state index in [0.717, 1.165) is 21.1 Å². The molecule has 17 heavy (non-hydrogen) atoms. The third-order valence-corrected chi connectivity index (χ3v) is 3.12. The molecule has 92 valence electrons. The van der Waals surface area contributed by atoms with E-state index in [1.54, 1.807) is 7.11 Å². The minimum atomic E-state index is -0.919. The van der Waals surface area contributed by atoms with Crippen molar-refractivity contribution in [3.8, 4) is 5.75 Å². The smallest absolute Gasteiger partial charge is 0.196 e. The number of rotatable bonds is 4. The fourth-order valence-corrected chi connectivity index (χ4v) is 2.20. The Balaban J connectivity index is 2.43. The minimum absolute atomic E-state index is 0.462. The number of benzene rings is 1. The summed E-state index contributed by atoms with van der Waals surface area (Å²) in [7, 11) is 1.62. The largest absolute Gasteiger partial charge is 0.496 e. The van der Waals surface area contributed by atoms with Gasteiger partial charge in [-0.1, -0.05) is 0 Å². The van der Waals surface area contributed by atoms with Crippen LogP contribution in [0.3, 0.4) is 0 Å². The molecule has 0 fully saturated rings. The van der Waals surface area contributed by atoms with Crippen LogP contribution in [0, 0.1) is 0 Å². The predicted octanol–water partition coefficient (Wildman–Crippen LogP) is 2.97. The van der Waals surface area contributed by atoms with Crippen LogP contribution in [-0.4, -0.2) is 23.8 Å². The standard InChI is InChI=1S/C12H14BrNO3/c1-3-17-12(15)10-4-7-5-11(16-2)8(13)6-9(7)14-10/h4-6,12,14-15H,3H2,1-2H3. The number of H-pyrrole nitrogens is 1. The van der Waals surface area contributed by atoms with Crippen molar-refractivity contribution in [3.05, 3.63) is 28.4 Å². The first-order chi connectivity index (χ1) is 8.15. The molecule has 2 rings (SSSR count). The Hall–Kier alpha value is -1.04. The predicted molar refractivity (Wildman–Crippen MR) is 69.1 cm³/mol. The summed E-state index contributed by atoms with van der Waals surface area (Å²) in [6.07, 6.45) is -0.919. The zero-order chi connectivity index (χ0) is 12.4. The number of aromatic nitrogens is 1. The van der Waals surface area contributed by atoms with Crippen LogP contribution in [0.5, 0.6) is 5.75 Å². The molecule has 5 heteroatoms. The molecule has 0 aliphatic heterocycles. The highest BCUT2D eigenvalue weighted by Crippen LogP contribution is 2.31. The maximum atomic E-state index is 9.72. The van der Waals surface area contributed by atoms with Crippen molar-refractivity contribution in [1.29, 1.82) is 0 Å². The highest BCUT2D eigenvalue weighted by atomic mass is 79.9. The van der Waals surface area contributed by atoms with E-state index in [2.05, 4.69) is 20.9 Å². The maximum absolute atomic E-state index is 9.72. The first-order valence-corrected chi connectivity index (χ1v) is 6.10. The van der Waals surface area contributed by atoms with Gasteiger partial charge in [0.25, 0.3) is 0 Å². The Morgan fingerprint density at radius 1 is 1.41 bits per heavy atom. The van der Waals surface area contributed by atoms with Crippen molar-refractivity contribution in [3.63, 3.8) is 0 Å². The second-order valence-corrected chi connectivity index (χ2v) is 4.46. The van der Waals surface area contributed by atoms with Crippen molar-refractivity contribution in [2.45, 2.75) is 13.2 Å². The van der Waals surface area contributed by atoms with E-state index in [1.165, 1.54) is 0 Å². The number of ether oxygens (including phenoxy) is 2. The van der Waals surface area contributed by atoms with E-state index in [0.29, 0.717) is 12.3 Å². The lowest BCUT2D eigenvalue weighted by atomic mass is 10.2. The fraction of sp³-hybridized carbons (Fsp3) is 0.333. The number of methoxy groups -OCH3 is 1. The van der Waals surface area contributed by atoms with Gasteiger partial charge in [-0.2, -0.15) is 0 Å². The molecule has 0 saturated carbocycles. The number of hydrogen-bond donors (Lipinski definition) is 2. The van der Waals surface area contributed by atoms with Gasteiger partial charge in [0.15, 0.2) is 6.29 Å². The van der Waals surface area contributed by atoms with E-state index in [9.17, 15) is 5.11 Å². The SMILES string of the molecule is CCOC(O)c1cc2cc(OC)c(Br)cc2[nH]1. The van der Waals surface area contributed by atoms with Crippen LogP contribution in [0.15, 0.2) is 22.7 Å². The van der Waals surface area contributed by atoms with E-state index >= 15 is 0 Å². The van der Waals surface area contributed by atoms with Crippen LogP contribution in [0.25, 0.3) is 10.9 Å². The Morgan fingerprint density at radius 3 is 2.82 bits per heavy atom. The van der Waals surface area contributed by atoms with Gasteiger partial charge >= 0.3 is 0 Å². The summed E-state index contributed by atoms with van der Waals surface area (Å²) in [4.78, 5) is 3.11. The van der Waals surface area contributed by atoms with Gasteiger partial charge < -0.3 is 19.6 Å². The first kappa shape index (κ1) is 12.4. The van der Waals surface area contributed by atoms with Crippen LogP contribution < -0.4 is 4.74 Å². The zero-order valence-electron chi connectivity index (χ0n) is 9.66. The highest BCUT2D eigenvalue weighted by molar-refractivity contribution is 9.10. The number of hydrogen-bond acceptors (Lipinski definition) is 3. The molecule has 0 aliphatic carbocycles. The lowest BCUT2D eigenvalue weighted by Crippen LogP contribution is -2.02. The first-order valence-electron chi connectivity index (χ1n) is 5.31. The Bertz CT molecular complexity index is 524.